The Morgan fingerprint density at radius 1 is 1.12 bits per heavy atom. The van der Waals surface area contributed by atoms with E-state index in [0.717, 1.165) is 32.1 Å². The average molecular weight is 361 g/mol. The van der Waals surface area contributed by atoms with E-state index >= 15 is 0 Å². The lowest BCUT2D eigenvalue weighted by molar-refractivity contribution is 0.0937. The molecule has 0 spiro atoms. The van der Waals surface area contributed by atoms with Crippen molar-refractivity contribution in [3.05, 3.63) is 33.7 Å². The summed E-state index contributed by atoms with van der Waals surface area (Å²) < 4.78 is 1.89. The number of nitrogens with one attached hydrogen (secondary N) is 2. The van der Waals surface area contributed by atoms with Gasteiger partial charge in [0.25, 0.3) is 11.8 Å². The van der Waals surface area contributed by atoms with Crippen LogP contribution in [-0.2, 0) is 0 Å². The molecule has 2 amide bonds. The van der Waals surface area contributed by atoms with Gasteiger partial charge >= 0.3 is 0 Å². The fraction of sp³-hybridized carbons (Fsp3) is 0.650. The van der Waals surface area contributed by atoms with Gasteiger partial charge in [-0.15, -0.1) is 0 Å². The topological polar surface area (TPSA) is 80.2 Å². The van der Waals surface area contributed by atoms with Gasteiger partial charge in [0.15, 0.2) is 0 Å². The van der Waals surface area contributed by atoms with Crippen molar-refractivity contribution < 1.29 is 9.59 Å². The number of rotatable bonds is 7. The summed E-state index contributed by atoms with van der Waals surface area (Å²) >= 11 is 0. The van der Waals surface area contributed by atoms with Crippen LogP contribution in [0.4, 0.5) is 0 Å². The predicted molar refractivity (Wildman–Crippen MR) is 103 cm³/mol. The molecule has 1 atom stereocenters. The normalized spacial score (nSPS) is 15.9. The molecule has 0 saturated heterocycles. The number of carbonyl (C=O) groups excluding carboxylic acids is 2. The van der Waals surface area contributed by atoms with Crippen molar-refractivity contribution in [3.63, 3.8) is 0 Å². The maximum atomic E-state index is 12.8. The summed E-state index contributed by atoms with van der Waals surface area (Å²) in [4.78, 5) is 37.9. The zero-order valence-electron chi connectivity index (χ0n) is 16.3. The zero-order valence-corrected chi connectivity index (χ0v) is 16.3. The van der Waals surface area contributed by atoms with Crippen LogP contribution in [0.1, 0.15) is 86.6 Å². The average Bonchev–Trinajstić information content (AvgIpc) is 3.14. The van der Waals surface area contributed by atoms with Gasteiger partial charge in [-0.1, -0.05) is 33.6 Å². The SMILES string of the molecule is CC[C@@H](C)NC(=O)c1cn(C2CCCC2)cc(C(=O)NCC(C)C)c1=O. The second kappa shape index (κ2) is 9.01. The molecule has 0 aromatic carbocycles. The van der Waals surface area contributed by atoms with Crippen molar-refractivity contribution in [1.82, 2.24) is 15.2 Å². The zero-order chi connectivity index (χ0) is 19.3. The van der Waals surface area contributed by atoms with Gasteiger partial charge < -0.3 is 15.2 Å². The molecule has 1 aromatic heterocycles. The third kappa shape index (κ3) is 4.96. The van der Waals surface area contributed by atoms with Crippen LogP contribution in [0.2, 0.25) is 0 Å². The first-order valence-corrected chi connectivity index (χ1v) is 9.68. The molecule has 0 unspecified atom stereocenters. The van der Waals surface area contributed by atoms with Crippen molar-refractivity contribution in [1.29, 1.82) is 0 Å². The van der Waals surface area contributed by atoms with Crippen molar-refractivity contribution in [2.45, 2.75) is 71.9 Å². The van der Waals surface area contributed by atoms with E-state index in [0.29, 0.717) is 6.54 Å². The molecule has 6 nitrogen and oxygen atoms in total. The van der Waals surface area contributed by atoms with Gasteiger partial charge in [-0.2, -0.15) is 0 Å². The molecule has 1 aromatic rings. The van der Waals surface area contributed by atoms with Crippen molar-refractivity contribution in [3.8, 4) is 0 Å². The lowest BCUT2D eigenvalue weighted by atomic mass is 10.1. The molecule has 26 heavy (non-hydrogen) atoms. The Morgan fingerprint density at radius 3 is 2.23 bits per heavy atom. The summed E-state index contributed by atoms with van der Waals surface area (Å²) in [6.07, 6.45) is 8.27. The van der Waals surface area contributed by atoms with Gasteiger partial charge in [-0.05, 0) is 32.1 Å². The summed E-state index contributed by atoms with van der Waals surface area (Å²) in [7, 11) is 0. The van der Waals surface area contributed by atoms with Gasteiger partial charge in [-0.3, -0.25) is 14.4 Å². The fourth-order valence-corrected chi connectivity index (χ4v) is 3.13. The highest BCUT2D eigenvalue weighted by molar-refractivity contribution is 5.99. The van der Waals surface area contributed by atoms with E-state index < -0.39 is 17.2 Å². The predicted octanol–water partition coefficient (Wildman–Crippen LogP) is 2.88. The molecule has 2 N–H and O–H groups in total. The smallest absolute Gasteiger partial charge is 0.256 e. The molecule has 1 aliphatic rings. The van der Waals surface area contributed by atoms with Gasteiger partial charge in [0.05, 0.1) is 0 Å². The number of amides is 2. The molecule has 0 aliphatic heterocycles. The van der Waals surface area contributed by atoms with Crippen LogP contribution in [0.5, 0.6) is 0 Å². The maximum Gasteiger partial charge on any atom is 0.256 e. The largest absolute Gasteiger partial charge is 0.352 e. The minimum Gasteiger partial charge on any atom is -0.352 e. The standard InChI is InChI=1S/C20H31N3O3/c1-5-14(4)22-20(26)17-12-23(15-8-6-7-9-15)11-16(18(17)24)19(25)21-10-13(2)3/h11-15H,5-10H2,1-4H3,(H,21,25)(H,22,26)/t14-/m1/s1. The monoisotopic (exact) mass is 361 g/mol. The van der Waals surface area contributed by atoms with Crippen molar-refractivity contribution in [2.24, 2.45) is 5.92 Å². The molecule has 6 heteroatoms. The fourth-order valence-electron chi connectivity index (χ4n) is 3.13. The van der Waals surface area contributed by atoms with Crippen LogP contribution in [0.25, 0.3) is 0 Å². The first-order valence-electron chi connectivity index (χ1n) is 9.68. The second-order valence-corrected chi connectivity index (χ2v) is 7.69. The van der Waals surface area contributed by atoms with Crippen molar-refractivity contribution in [2.75, 3.05) is 6.54 Å². The maximum absolute atomic E-state index is 12.8. The molecular formula is C20H31N3O3. The van der Waals surface area contributed by atoms with Crippen LogP contribution in [0.3, 0.4) is 0 Å². The van der Waals surface area contributed by atoms with E-state index in [1.807, 2.05) is 32.3 Å². The molecule has 0 bridgehead atoms. The molecular weight excluding hydrogens is 330 g/mol. The lowest BCUT2D eigenvalue weighted by Gasteiger charge is -2.18. The third-order valence-electron chi connectivity index (χ3n) is 4.94. The van der Waals surface area contributed by atoms with E-state index in [4.69, 9.17) is 0 Å². The highest BCUT2D eigenvalue weighted by Gasteiger charge is 2.23. The van der Waals surface area contributed by atoms with Crippen LogP contribution in [-0.4, -0.2) is 29.0 Å². The Bertz CT molecular complexity index is 703. The van der Waals surface area contributed by atoms with Gasteiger partial charge in [0.1, 0.15) is 11.1 Å². The van der Waals surface area contributed by atoms with E-state index in [1.54, 1.807) is 12.4 Å². The Labute approximate surface area is 155 Å². The van der Waals surface area contributed by atoms with E-state index in [2.05, 4.69) is 10.6 Å². The highest BCUT2D eigenvalue weighted by atomic mass is 16.2. The molecule has 1 saturated carbocycles. The van der Waals surface area contributed by atoms with Gasteiger partial charge in [0.2, 0.25) is 5.43 Å². The molecule has 0 radical (unpaired) electrons. The number of aromatic nitrogens is 1. The van der Waals surface area contributed by atoms with E-state index in [9.17, 15) is 14.4 Å². The second-order valence-electron chi connectivity index (χ2n) is 7.69. The molecule has 1 heterocycles. The molecule has 1 fully saturated rings. The highest BCUT2D eigenvalue weighted by Crippen LogP contribution is 2.29. The summed E-state index contributed by atoms with van der Waals surface area (Å²) in [5.41, 5.74) is -0.398. The summed E-state index contributed by atoms with van der Waals surface area (Å²) in [5.74, 6) is -0.531. The third-order valence-corrected chi connectivity index (χ3v) is 4.94. The number of carbonyl (C=O) groups is 2. The summed E-state index contributed by atoms with van der Waals surface area (Å²) in [6, 6.07) is 0.211. The number of nitrogens with zero attached hydrogens (tertiary/aromatic N) is 1. The number of pyridine rings is 1. The van der Waals surface area contributed by atoms with Crippen LogP contribution in [0, 0.1) is 5.92 Å². The first-order chi connectivity index (χ1) is 12.3. The van der Waals surface area contributed by atoms with E-state index in [1.165, 1.54) is 0 Å². The Balaban J connectivity index is 2.40. The molecule has 144 valence electrons. The van der Waals surface area contributed by atoms with Gasteiger partial charge in [0, 0.05) is 31.0 Å². The quantitative estimate of drug-likeness (QED) is 0.784. The Morgan fingerprint density at radius 2 is 1.69 bits per heavy atom. The minimum atomic E-state index is -0.499. The van der Waals surface area contributed by atoms with Crippen LogP contribution < -0.4 is 16.1 Å². The van der Waals surface area contributed by atoms with Crippen LogP contribution in [0.15, 0.2) is 17.2 Å². The lowest BCUT2D eigenvalue weighted by Crippen LogP contribution is -2.39. The van der Waals surface area contributed by atoms with Crippen molar-refractivity contribution >= 4 is 11.8 Å². The number of hydrogen-bond donors (Lipinski definition) is 2. The number of hydrogen-bond acceptors (Lipinski definition) is 3. The first kappa shape index (κ1) is 20.2. The van der Waals surface area contributed by atoms with Gasteiger partial charge in [-0.25, -0.2) is 0 Å². The van der Waals surface area contributed by atoms with Crippen LogP contribution >= 0.6 is 0 Å². The van der Waals surface area contributed by atoms with E-state index in [-0.39, 0.29) is 29.1 Å². The summed E-state index contributed by atoms with van der Waals surface area (Å²) in [5, 5.41) is 5.63. The molecule has 1 aliphatic carbocycles. The summed E-state index contributed by atoms with van der Waals surface area (Å²) in [6.45, 7) is 8.34. The molecule has 2 rings (SSSR count). The Hall–Kier alpha value is -2.11. The minimum absolute atomic E-state index is 0.0275. The Kier molecular flexibility index (Phi) is 7.00.